The van der Waals surface area contributed by atoms with E-state index in [1.54, 1.807) is 36.7 Å². The zero-order valence-electron chi connectivity index (χ0n) is 16.7. The van der Waals surface area contributed by atoms with Gasteiger partial charge in [0.25, 0.3) is 0 Å². The molecule has 2 aliphatic rings. The number of ketones is 1. The van der Waals surface area contributed by atoms with Crippen molar-refractivity contribution in [3.63, 3.8) is 0 Å². The minimum Gasteiger partial charge on any atom is -0.457 e. The number of ether oxygens (including phenoxy) is 1. The number of nitrogens with one attached hydrogen (secondary N) is 1. The van der Waals surface area contributed by atoms with Gasteiger partial charge in [0.2, 0.25) is 11.7 Å². The molecule has 5 rings (SSSR count). The number of aromatic nitrogens is 1. The zero-order chi connectivity index (χ0) is 21.6. The van der Waals surface area contributed by atoms with Crippen molar-refractivity contribution in [2.75, 3.05) is 5.73 Å². The molecule has 3 aromatic rings. The molecule has 1 aromatic heterocycles. The molecule has 2 aromatic carbocycles. The predicted molar refractivity (Wildman–Crippen MR) is 112 cm³/mol. The summed E-state index contributed by atoms with van der Waals surface area (Å²) in [4.78, 5) is 25.7. The van der Waals surface area contributed by atoms with Crippen molar-refractivity contribution in [2.45, 2.75) is 31.5 Å². The van der Waals surface area contributed by atoms with Crippen molar-refractivity contribution in [2.24, 2.45) is 5.73 Å². The van der Waals surface area contributed by atoms with Crippen LogP contribution in [0.1, 0.15) is 63.1 Å². The lowest BCUT2D eigenvalue weighted by molar-refractivity contribution is -0.134. The fourth-order valence-corrected chi connectivity index (χ4v) is 3.97. The van der Waals surface area contributed by atoms with Gasteiger partial charge in [-0.2, -0.15) is 0 Å². The van der Waals surface area contributed by atoms with Crippen LogP contribution in [-0.2, 0) is 5.79 Å². The maximum absolute atomic E-state index is 12.8. The van der Waals surface area contributed by atoms with E-state index >= 15 is 0 Å². The highest BCUT2D eigenvalue weighted by molar-refractivity contribution is 6.11. The molecule has 0 fully saturated rings. The molecule has 0 radical (unpaired) electrons. The largest absolute Gasteiger partial charge is 0.457 e. The predicted octanol–water partition coefficient (Wildman–Crippen LogP) is 3.02. The molecule has 1 amide bonds. The summed E-state index contributed by atoms with van der Waals surface area (Å²) < 4.78 is 5.84. The Balaban J connectivity index is 0.000000230. The molecule has 30 heavy (non-hydrogen) atoms. The molecule has 0 bridgehead atoms. The van der Waals surface area contributed by atoms with E-state index in [1.165, 1.54) is 0 Å². The zero-order valence-corrected chi connectivity index (χ0v) is 16.7. The molecule has 1 aliphatic heterocycles. The Hall–Kier alpha value is -3.58. The van der Waals surface area contributed by atoms with Crippen molar-refractivity contribution in [3.05, 3.63) is 82.7 Å². The van der Waals surface area contributed by atoms with Gasteiger partial charge >= 0.3 is 0 Å². The van der Waals surface area contributed by atoms with E-state index in [1.807, 2.05) is 18.2 Å². The average Bonchev–Trinajstić information content (AvgIpc) is 3.37. The Bertz CT molecular complexity index is 1140. The number of Topliss-reactive ketones (excluding diaryl/α,β-unsaturated/α-hetero) is 1. The lowest BCUT2D eigenvalue weighted by Gasteiger charge is -2.22. The molecule has 0 spiro atoms. The number of hydrogen-bond acceptors (Lipinski definition) is 5. The first-order valence-electron chi connectivity index (χ1n) is 9.65. The highest BCUT2D eigenvalue weighted by atomic mass is 16.6. The summed E-state index contributed by atoms with van der Waals surface area (Å²) in [5.74, 6) is -2.01. The van der Waals surface area contributed by atoms with Crippen molar-refractivity contribution >= 4 is 17.4 Å². The summed E-state index contributed by atoms with van der Waals surface area (Å²) in [6.07, 6.45) is 3.21. The fraction of sp³-hybridized carbons (Fsp3) is 0.217. The third-order valence-corrected chi connectivity index (χ3v) is 5.55. The number of H-pyrrole nitrogens is 1. The molecule has 2 atom stereocenters. The number of aromatic amines is 1. The second kappa shape index (κ2) is 7.03. The number of carbonyl (C=O) groups is 2. The van der Waals surface area contributed by atoms with Crippen LogP contribution in [0.3, 0.4) is 0 Å². The van der Waals surface area contributed by atoms with Crippen LogP contribution in [0.15, 0.2) is 54.9 Å². The van der Waals surface area contributed by atoms with E-state index in [9.17, 15) is 14.7 Å². The van der Waals surface area contributed by atoms with Gasteiger partial charge in [-0.25, -0.2) is 0 Å². The number of nitrogens with two attached hydrogens (primary N) is 2. The molecule has 2 unspecified atom stereocenters. The lowest BCUT2D eigenvalue weighted by Crippen LogP contribution is -2.32. The molecule has 1 aliphatic carbocycles. The Labute approximate surface area is 173 Å². The van der Waals surface area contributed by atoms with Gasteiger partial charge in [0.1, 0.15) is 11.7 Å². The smallest absolute Gasteiger partial charge is 0.250 e. The Kier molecular flexibility index (Phi) is 4.63. The SMILES string of the molecule is CC(C)c1ccc2c(c1)OC1(O)c3cccc(N)c3C(=O)C21.NC(=O)c1cc[nH]c1. The molecule has 7 heteroatoms. The monoisotopic (exact) mass is 405 g/mol. The fourth-order valence-electron chi connectivity index (χ4n) is 3.97. The number of amides is 1. The molecular formula is C23H23N3O4. The van der Waals surface area contributed by atoms with Crippen molar-refractivity contribution in [1.29, 1.82) is 0 Å². The normalized spacial score (nSPS) is 20.7. The van der Waals surface area contributed by atoms with Crippen LogP contribution in [0.2, 0.25) is 0 Å². The van der Waals surface area contributed by atoms with Gasteiger partial charge in [0, 0.05) is 29.2 Å². The standard InChI is InChI=1S/C18H17NO3.C5H6N2O/c1-9(2)10-6-7-11-14(8-10)22-18(21)12-4-3-5-13(19)15(12)17(20)16(11)18;6-5(8)4-1-2-7-3-4/h3-9,16,21H,19H2,1-2H3;1-3,7H,(H2,6,8). The number of benzene rings is 2. The number of hydrogen-bond donors (Lipinski definition) is 4. The van der Waals surface area contributed by atoms with Crippen LogP contribution >= 0.6 is 0 Å². The second-order valence-electron chi connectivity index (χ2n) is 7.78. The summed E-state index contributed by atoms with van der Waals surface area (Å²) in [5, 5.41) is 11.0. The average molecular weight is 405 g/mol. The van der Waals surface area contributed by atoms with Crippen LogP contribution in [0, 0.1) is 0 Å². The van der Waals surface area contributed by atoms with Crippen LogP contribution in [0.5, 0.6) is 5.75 Å². The van der Waals surface area contributed by atoms with Gasteiger partial charge in [-0.05, 0) is 29.7 Å². The molecule has 6 N–H and O–H groups in total. The summed E-state index contributed by atoms with van der Waals surface area (Å²) in [7, 11) is 0. The van der Waals surface area contributed by atoms with E-state index in [-0.39, 0.29) is 5.78 Å². The summed E-state index contributed by atoms with van der Waals surface area (Å²) in [6, 6.07) is 12.5. The van der Waals surface area contributed by atoms with Crippen LogP contribution in [0.4, 0.5) is 5.69 Å². The summed E-state index contributed by atoms with van der Waals surface area (Å²) >= 11 is 0. The van der Waals surface area contributed by atoms with Gasteiger partial charge in [-0.3, -0.25) is 9.59 Å². The highest BCUT2D eigenvalue weighted by Gasteiger charge is 2.59. The van der Waals surface area contributed by atoms with Crippen LogP contribution in [0.25, 0.3) is 0 Å². The number of primary amides is 1. The third-order valence-electron chi connectivity index (χ3n) is 5.55. The highest BCUT2D eigenvalue weighted by Crippen LogP contribution is 2.56. The maximum Gasteiger partial charge on any atom is 0.250 e. The first-order chi connectivity index (χ1) is 14.2. The van der Waals surface area contributed by atoms with Crippen molar-refractivity contribution < 1.29 is 19.4 Å². The molecule has 0 saturated carbocycles. The first kappa shape index (κ1) is 19.7. The second-order valence-corrected chi connectivity index (χ2v) is 7.78. The molecule has 7 nitrogen and oxygen atoms in total. The van der Waals surface area contributed by atoms with E-state index in [4.69, 9.17) is 16.2 Å². The van der Waals surface area contributed by atoms with Crippen LogP contribution in [-0.4, -0.2) is 21.8 Å². The third kappa shape index (κ3) is 2.95. The number of nitrogen functional groups attached to an aromatic ring is 1. The molecule has 2 heterocycles. The van der Waals surface area contributed by atoms with Crippen molar-refractivity contribution in [1.82, 2.24) is 4.98 Å². The molecular weight excluding hydrogens is 382 g/mol. The Morgan fingerprint density at radius 2 is 2.00 bits per heavy atom. The lowest BCUT2D eigenvalue weighted by atomic mass is 9.91. The van der Waals surface area contributed by atoms with Gasteiger partial charge in [0.15, 0.2) is 5.78 Å². The first-order valence-corrected chi connectivity index (χ1v) is 9.65. The van der Waals surface area contributed by atoms with E-state index in [2.05, 4.69) is 18.8 Å². The number of carbonyl (C=O) groups excluding carboxylic acids is 2. The number of rotatable bonds is 2. The van der Waals surface area contributed by atoms with Crippen LogP contribution < -0.4 is 16.2 Å². The van der Waals surface area contributed by atoms with Gasteiger partial charge < -0.3 is 26.3 Å². The van der Waals surface area contributed by atoms with Crippen molar-refractivity contribution in [3.8, 4) is 5.75 Å². The minimum absolute atomic E-state index is 0.174. The summed E-state index contributed by atoms with van der Waals surface area (Å²) in [5.41, 5.74) is 14.4. The van der Waals surface area contributed by atoms with E-state index in [0.717, 1.165) is 11.1 Å². The number of aliphatic hydroxyl groups is 1. The van der Waals surface area contributed by atoms with E-state index in [0.29, 0.717) is 34.0 Å². The number of anilines is 1. The summed E-state index contributed by atoms with van der Waals surface area (Å²) in [6.45, 7) is 4.18. The number of fused-ring (bicyclic) bond motifs is 5. The minimum atomic E-state index is -1.64. The molecule has 0 saturated heterocycles. The Morgan fingerprint density at radius 3 is 2.60 bits per heavy atom. The molecule has 154 valence electrons. The quantitative estimate of drug-likeness (QED) is 0.487. The van der Waals surface area contributed by atoms with Gasteiger partial charge in [0.05, 0.1) is 11.1 Å². The Morgan fingerprint density at radius 1 is 1.23 bits per heavy atom. The van der Waals surface area contributed by atoms with Gasteiger partial charge in [-0.1, -0.05) is 38.1 Å². The van der Waals surface area contributed by atoms with Gasteiger partial charge in [-0.15, -0.1) is 0 Å². The maximum atomic E-state index is 12.8. The topological polar surface area (TPSA) is 131 Å². The van der Waals surface area contributed by atoms with E-state index < -0.39 is 17.6 Å².